The minimum absolute atomic E-state index is 0.720. The van der Waals surface area contributed by atoms with E-state index in [1.54, 1.807) is 6.42 Å². The van der Waals surface area contributed by atoms with Gasteiger partial charge in [0.05, 0.1) is 0 Å². The average molecular weight is 250 g/mol. The van der Waals surface area contributed by atoms with E-state index in [1.807, 2.05) is 0 Å². The molecule has 104 valence electrons. The Balaban J connectivity index is 1.48. The second-order valence-electron chi connectivity index (χ2n) is 6.96. The van der Waals surface area contributed by atoms with Crippen molar-refractivity contribution < 1.29 is 0 Å². The molecule has 2 heteroatoms. The summed E-state index contributed by atoms with van der Waals surface area (Å²) in [5.74, 6) is 3.08. The first-order valence-electron chi connectivity index (χ1n) is 8.25. The maximum Gasteiger partial charge on any atom is 0.0126 e. The Labute approximate surface area is 113 Å². The second kappa shape index (κ2) is 5.50. The van der Waals surface area contributed by atoms with Gasteiger partial charge in [-0.25, -0.2) is 0 Å². The third-order valence-corrected chi connectivity index (χ3v) is 5.98. The van der Waals surface area contributed by atoms with Crippen molar-refractivity contribution in [3.63, 3.8) is 0 Å². The lowest BCUT2D eigenvalue weighted by Gasteiger charge is -2.41. The second-order valence-corrected chi connectivity index (χ2v) is 6.96. The minimum atomic E-state index is 0.720. The molecule has 0 radical (unpaired) electrons. The van der Waals surface area contributed by atoms with Crippen LogP contribution < -0.4 is 5.32 Å². The van der Waals surface area contributed by atoms with Crippen molar-refractivity contribution >= 4 is 0 Å². The van der Waals surface area contributed by atoms with Crippen molar-refractivity contribution in [3.05, 3.63) is 0 Å². The third-order valence-electron chi connectivity index (χ3n) is 5.98. The summed E-state index contributed by atoms with van der Waals surface area (Å²) in [6, 6.07) is 1.69. The van der Waals surface area contributed by atoms with E-state index in [0.29, 0.717) is 0 Å². The molecule has 18 heavy (non-hydrogen) atoms. The zero-order chi connectivity index (χ0) is 12.5. The van der Waals surface area contributed by atoms with Gasteiger partial charge in [-0.05, 0) is 76.4 Å². The molecule has 0 aromatic heterocycles. The van der Waals surface area contributed by atoms with E-state index in [9.17, 15) is 0 Å². The summed E-state index contributed by atoms with van der Waals surface area (Å²) in [6.45, 7) is 8.46. The number of fused-ring (bicyclic) bond motifs is 2. The van der Waals surface area contributed by atoms with E-state index in [4.69, 9.17) is 0 Å². The highest BCUT2D eigenvalue weighted by atomic mass is 15.2. The van der Waals surface area contributed by atoms with Gasteiger partial charge >= 0.3 is 0 Å². The van der Waals surface area contributed by atoms with Crippen LogP contribution >= 0.6 is 0 Å². The summed E-state index contributed by atoms with van der Waals surface area (Å²) < 4.78 is 0. The summed E-state index contributed by atoms with van der Waals surface area (Å²) >= 11 is 0. The molecule has 3 rings (SSSR count). The van der Waals surface area contributed by atoms with Crippen LogP contribution in [-0.4, -0.2) is 36.6 Å². The summed E-state index contributed by atoms with van der Waals surface area (Å²) in [5.41, 5.74) is 0. The molecule has 3 fully saturated rings. The molecule has 0 amide bonds. The molecule has 2 aliphatic carbocycles. The van der Waals surface area contributed by atoms with Crippen LogP contribution in [0.2, 0.25) is 0 Å². The molecule has 2 nitrogen and oxygen atoms in total. The van der Waals surface area contributed by atoms with Gasteiger partial charge in [-0.3, -0.25) is 0 Å². The van der Waals surface area contributed by atoms with Crippen molar-refractivity contribution in [2.75, 3.05) is 19.6 Å². The fourth-order valence-electron chi connectivity index (χ4n) is 4.90. The van der Waals surface area contributed by atoms with Crippen molar-refractivity contribution in [2.45, 2.75) is 64.5 Å². The van der Waals surface area contributed by atoms with Gasteiger partial charge < -0.3 is 10.2 Å². The normalized spacial score (nSPS) is 39.3. The summed E-state index contributed by atoms with van der Waals surface area (Å²) in [5, 5.41) is 3.61. The quantitative estimate of drug-likeness (QED) is 0.825. The maximum absolute atomic E-state index is 3.61. The first-order valence-corrected chi connectivity index (χ1v) is 8.25. The first-order chi connectivity index (χ1) is 8.78. The molecule has 3 aliphatic rings. The molecule has 0 aromatic carbocycles. The highest BCUT2D eigenvalue weighted by molar-refractivity contribution is 4.96. The zero-order valence-electron chi connectivity index (χ0n) is 12.2. The number of hydrogen-bond acceptors (Lipinski definition) is 2. The minimum Gasteiger partial charge on any atom is -0.314 e. The average Bonchev–Trinajstić information content (AvgIpc) is 3.01. The van der Waals surface area contributed by atoms with E-state index in [-0.39, 0.29) is 0 Å². The van der Waals surface area contributed by atoms with Gasteiger partial charge in [0, 0.05) is 12.1 Å². The molecule has 1 heterocycles. The monoisotopic (exact) mass is 250 g/mol. The van der Waals surface area contributed by atoms with Crippen LogP contribution in [0.25, 0.3) is 0 Å². The maximum atomic E-state index is 3.61. The molecule has 2 bridgehead atoms. The molecule has 1 saturated heterocycles. The Kier molecular flexibility index (Phi) is 3.95. The third kappa shape index (κ3) is 2.46. The number of hydrogen-bond donors (Lipinski definition) is 1. The molecule has 1 aliphatic heterocycles. The lowest BCUT2D eigenvalue weighted by Crippen LogP contribution is -2.47. The SMILES string of the molecule is CCNC(C)C1CCN(C2CC3CCC2C3)CC1. The van der Waals surface area contributed by atoms with Crippen LogP contribution in [0.3, 0.4) is 0 Å². The van der Waals surface area contributed by atoms with Crippen LogP contribution in [0.4, 0.5) is 0 Å². The molecule has 0 spiro atoms. The zero-order valence-corrected chi connectivity index (χ0v) is 12.2. The Morgan fingerprint density at radius 1 is 1.11 bits per heavy atom. The fraction of sp³-hybridized carbons (Fsp3) is 1.00. The van der Waals surface area contributed by atoms with Crippen molar-refractivity contribution in [3.8, 4) is 0 Å². The van der Waals surface area contributed by atoms with Crippen LogP contribution in [0.1, 0.15) is 52.4 Å². The molecular weight excluding hydrogens is 220 g/mol. The van der Waals surface area contributed by atoms with Crippen molar-refractivity contribution in [1.82, 2.24) is 10.2 Å². The summed E-state index contributed by atoms with van der Waals surface area (Å²) in [7, 11) is 0. The van der Waals surface area contributed by atoms with E-state index in [1.165, 1.54) is 45.2 Å². The van der Waals surface area contributed by atoms with Gasteiger partial charge in [0.15, 0.2) is 0 Å². The number of likely N-dealkylation sites (tertiary alicyclic amines) is 1. The van der Waals surface area contributed by atoms with E-state index in [2.05, 4.69) is 24.1 Å². The van der Waals surface area contributed by atoms with Crippen molar-refractivity contribution in [2.24, 2.45) is 17.8 Å². The summed E-state index contributed by atoms with van der Waals surface area (Å²) in [4.78, 5) is 2.85. The topological polar surface area (TPSA) is 15.3 Å². The highest BCUT2D eigenvalue weighted by Gasteiger charge is 2.42. The Morgan fingerprint density at radius 3 is 2.44 bits per heavy atom. The van der Waals surface area contributed by atoms with Gasteiger partial charge in [-0.15, -0.1) is 0 Å². The van der Waals surface area contributed by atoms with Gasteiger partial charge in [0.1, 0.15) is 0 Å². The Hall–Kier alpha value is -0.0800. The molecule has 1 N–H and O–H groups in total. The fourth-order valence-corrected chi connectivity index (χ4v) is 4.90. The summed E-state index contributed by atoms with van der Waals surface area (Å²) in [6.07, 6.45) is 8.98. The molecule has 4 unspecified atom stereocenters. The van der Waals surface area contributed by atoms with Crippen LogP contribution in [0.5, 0.6) is 0 Å². The van der Waals surface area contributed by atoms with Crippen LogP contribution in [0.15, 0.2) is 0 Å². The van der Waals surface area contributed by atoms with E-state index < -0.39 is 0 Å². The smallest absolute Gasteiger partial charge is 0.0126 e. The van der Waals surface area contributed by atoms with Gasteiger partial charge in [-0.1, -0.05) is 13.3 Å². The molecular formula is C16H30N2. The lowest BCUT2D eigenvalue weighted by molar-refractivity contribution is 0.0877. The Morgan fingerprint density at radius 2 is 1.89 bits per heavy atom. The lowest BCUT2D eigenvalue weighted by atomic mass is 9.87. The predicted molar refractivity (Wildman–Crippen MR) is 76.7 cm³/mol. The van der Waals surface area contributed by atoms with Gasteiger partial charge in [-0.2, -0.15) is 0 Å². The first kappa shape index (κ1) is 12.9. The number of rotatable bonds is 4. The predicted octanol–water partition coefficient (Wildman–Crippen LogP) is 2.89. The number of nitrogens with zero attached hydrogens (tertiary/aromatic N) is 1. The van der Waals surface area contributed by atoms with Gasteiger partial charge in [0.2, 0.25) is 0 Å². The van der Waals surface area contributed by atoms with Crippen LogP contribution in [0, 0.1) is 17.8 Å². The van der Waals surface area contributed by atoms with Crippen molar-refractivity contribution in [1.29, 1.82) is 0 Å². The number of nitrogens with one attached hydrogen (secondary N) is 1. The van der Waals surface area contributed by atoms with E-state index >= 15 is 0 Å². The Bertz CT molecular complexity index is 270. The molecule has 0 aromatic rings. The van der Waals surface area contributed by atoms with E-state index in [0.717, 1.165) is 36.4 Å². The standard InChI is InChI=1S/C16H30N2/c1-3-17-12(2)14-6-8-18(9-7-14)16-11-13-4-5-15(16)10-13/h12-17H,3-11H2,1-2H3. The molecule has 2 saturated carbocycles. The highest BCUT2D eigenvalue weighted by Crippen LogP contribution is 2.47. The van der Waals surface area contributed by atoms with Crippen LogP contribution in [-0.2, 0) is 0 Å². The largest absolute Gasteiger partial charge is 0.314 e. The number of piperidine rings is 1. The van der Waals surface area contributed by atoms with Gasteiger partial charge in [0.25, 0.3) is 0 Å². The molecule has 4 atom stereocenters.